The largest absolute Gasteiger partial charge is 0.459 e. The zero-order valence-electron chi connectivity index (χ0n) is 18.7. The van der Waals surface area contributed by atoms with Gasteiger partial charge in [-0.1, -0.05) is 60.7 Å². The Morgan fingerprint density at radius 1 is 1.06 bits per heavy atom. The van der Waals surface area contributed by atoms with Crippen LogP contribution in [0, 0.1) is 0 Å². The Balaban J connectivity index is 1.71. The summed E-state index contributed by atoms with van der Waals surface area (Å²) in [5.41, 5.74) is 2.31. The van der Waals surface area contributed by atoms with Crippen LogP contribution < -0.4 is 5.32 Å². The van der Waals surface area contributed by atoms with Crippen LogP contribution in [0.1, 0.15) is 38.3 Å². The quantitative estimate of drug-likeness (QED) is 0.654. The predicted molar refractivity (Wildman–Crippen MR) is 124 cm³/mol. The normalized spacial score (nSPS) is 14.3. The third-order valence-electron chi connectivity index (χ3n) is 4.56. The number of esters is 1. The van der Waals surface area contributed by atoms with Crippen LogP contribution in [0.4, 0.5) is 4.79 Å². The highest BCUT2D eigenvalue weighted by Crippen LogP contribution is 2.21. The molecule has 0 saturated heterocycles. The Morgan fingerprint density at radius 2 is 1.72 bits per heavy atom. The van der Waals surface area contributed by atoms with E-state index in [0.717, 1.165) is 16.7 Å². The number of carbonyl (C=O) groups is 2. The topological polar surface area (TPSA) is 80.2 Å². The highest BCUT2D eigenvalue weighted by molar-refractivity contribution is 5.83. The first-order valence-electron chi connectivity index (χ1n) is 10.6. The molecule has 0 bridgehead atoms. The van der Waals surface area contributed by atoms with E-state index in [2.05, 4.69) is 10.4 Å². The first-order chi connectivity index (χ1) is 15.3. The number of nitrogens with zero attached hydrogens (tertiary/aromatic N) is 2. The lowest BCUT2D eigenvalue weighted by molar-refractivity contribution is -0.147. The van der Waals surface area contributed by atoms with Gasteiger partial charge in [0.2, 0.25) is 0 Å². The molecular formula is C25H29N3O4. The standard InChI is InChI=1S/C25H29N3O4/c1-25(2,3)32-24(30)27-22(23(29)31-18-19-10-6-4-7-11-19)17-28-16-21(14-15-26-28)20-12-8-5-9-13-20/h4-13,15-16,22H,14,17-18H2,1-3H3,(H,27,30). The van der Waals surface area contributed by atoms with Crippen LogP contribution in [0.2, 0.25) is 0 Å². The summed E-state index contributed by atoms with van der Waals surface area (Å²) in [6.07, 6.45) is 3.65. The predicted octanol–water partition coefficient (Wildman–Crippen LogP) is 4.36. The average Bonchev–Trinajstić information content (AvgIpc) is 2.77. The van der Waals surface area contributed by atoms with Crippen molar-refractivity contribution in [3.63, 3.8) is 0 Å². The van der Waals surface area contributed by atoms with E-state index in [1.807, 2.05) is 66.9 Å². The van der Waals surface area contributed by atoms with Crippen LogP contribution >= 0.6 is 0 Å². The lowest BCUT2D eigenvalue weighted by atomic mass is 10.0. The summed E-state index contributed by atoms with van der Waals surface area (Å²) in [4.78, 5) is 25.2. The Kier molecular flexibility index (Phi) is 7.65. The number of allylic oxidation sites excluding steroid dienone is 1. The summed E-state index contributed by atoms with van der Waals surface area (Å²) in [5.74, 6) is -0.560. The van der Waals surface area contributed by atoms with Crippen LogP contribution in [0.15, 0.2) is 72.0 Å². The number of hydrogen-bond donors (Lipinski definition) is 1. The van der Waals surface area contributed by atoms with Crippen LogP contribution in [-0.2, 0) is 20.9 Å². The minimum atomic E-state index is -0.961. The molecule has 1 N–H and O–H groups in total. The van der Waals surface area contributed by atoms with Crippen molar-refractivity contribution in [2.45, 2.75) is 45.4 Å². The lowest BCUT2D eigenvalue weighted by Gasteiger charge is -2.26. The van der Waals surface area contributed by atoms with Gasteiger partial charge < -0.3 is 14.8 Å². The summed E-state index contributed by atoms with van der Waals surface area (Å²) < 4.78 is 10.8. The van der Waals surface area contributed by atoms with Gasteiger partial charge in [-0.3, -0.25) is 5.01 Å². The van der Waals surface area contributed by atoms with Gasteiger partial charge in [0.05, 0.1) is 6.54 Å². The smallest absolute Gasteiger partial charge is 0.408 e. The van der Waals surface area contributed by atoms with Crippen molar-refractivity contribution in [1.29, 1.82) is 0 Å². The van der Waals surface area contributed by atoms with Crippen LogP contribution in [-0.4, -0.2) is 41.5 Å². The molecule has 0 aromatic heterocycles. The molecule has 0 radical (unpaired) electrons. The molecule has 1 heterocycles. The first-order valence-corrected chi connectivity index (χ1v) is 10.6. The van der Waals surface area contributed by atoms with Crippen molar-refractivity contribution >= 4 is 23.9 Å². The Labute approximate surface area is 188 Å². The number of hydrazone groups is 1. The molecule has 32 heavy (non-hydrogen) atoms. The molecule has 7 heteroatoms. The number of ether oxygens (including phenoxy) is 2. The fraction of sp³-hybridized carbons (Fsp3) is 0.320. The number of nitrogens with one attached hydrogen (secondary N) is 1. The van der Waals surface area contributed by atoms with Crippen LogP contribution in [0.3, 0.4) is 0 Å². The summed E-state index contributed by atoms with van der Waals surface area (Å²) in [5, 5.41) is 8.63. The molecule has 1 aliphatic rings. The molecule has 168 valence electrons. The molecule has 7 nitrogen and oxygen atoms in total. The summed E-state index contributed by atoms with van der Waals surface area (Å²) in [6, 6.07) is 18.4. The zero-order valence-corrected chi connectivity index (χ0v) is 18.7. The highest BCUT2D eigenvalue weighted by atomic mass is 16.6. The van der Waals surface area contributed by atoms with Crippen molar-refractivity contribution < 1.29 is 19.1 Å². The van der Waals surface area contributed by atoms with Crippen LogP contribution in [0.25, 0.3) is 5.57 Å². The number of benzene rings is 2. The maximum Gasteiger partial charge on any atom is 0.408 e. The zero-order chi connectivity index (χ0) is 23.0. The van der Waals surface area contributed by atoms with Gasteiger partial charge in [-0.2, -0.15) is 5.10 Å². The SMILES string of the molecule is CC(C)(C)OC(=O)NC(CN1C=C(c2ccccc2)CC=N1)C(=O)OCc1ccccc1. The van der Waals surface area contributed by atoms with Gasteiger partial charge in [0.1, 0.15) is 18.2 Å². The molecule has 3 rings (SSSR count). The highest BCUT2D eigenvalue weighted by Gasteiger charge is 2.28. The van der Waals surface area contributed by atoms with Gasteiger partial charge in [0.15, 0.2) is 0 Å². The molecule has 0 fully saturated rings. The minimum absolute atomic E-state index is 0.111. The molecule has 0 saturated carbocycles. The Morgan fingerprint density at radius 3 is 2.38 bits per heavy atom. The van der Waals surface area contributed by atoms with Gasteiger partial charge >= 0.3 is 12.1 Å². The van der Waals surface area contributed by atoms with Gasteiger partial charge in [0, 0.05) is 18.8 Å². The van der Waals surface area contributed by atoms with E-state index in [1.165, 1.54) is 0 Å². The molecule has 0 spiro atoms. The first kappa shape index (κ1) is 23.1. The van der Waals surface area contributed by atoms with Crippen molar-refractivity contribution in [1.82, 2.24) is 10.3 Å². The number of alkyl carbamates (subject to hydrolysis) is 1. The number of amides is 1. The van der Waals surface area contributed by atoms with Crippen molar-refractivity contribution in [3.8, 4) is 0 Å². The molecule has 2 aromatic rings. The van der Waals surface area contributed by atoms with Gasteiger partial charge in [-0.15, -0.1) is 0 Å². The fourth-order valence-electron chi connectivity index (χ4n) is 3.10. The second-order valence-electron chi connectivity index (χ2n) is 8.44. The van der Waals surface area contributed by atoms with Crippen molar-refractivity contribution in [2.75, 3.05) is 6.54 Å². The van der Waals surface area contributed by atoms with E-state index in [4.69, 9.17) is 9.47 Å². The number of carbonyl (C=O) groups excluding carboxylic acids is 2. The molecule has 1 unspecified atom stereocenters. The van der Waals surface area contributed by atoms with Crippen molar-refractivity contribution in [2.24, 2.45) is 5.10 Å². The second kappa shape index (κ2) is 10.6. The lowest BCUT2D eigenvalue weighted by Crippen LogP contribution is -2.49. The van der Waals surface area contributed by atoms with Gasteiger partial charge in [-0.25, -0.2) is 9.59 Å². The summed E-state index contributed by atoms with van der Waals surface area (Å²) >= 11 is 0. The van der Waals surface area contributed by atoms with Gasteiger partial charge in [0.25, 0.3) is 0 Å². The maximum absolute atomic E-state index is 12.9. The Hall–Kier alpha value is -3.61. The number of rotatable bonds is 7. The van der Waals surface area contributed by atoms with E-state index in [9.17, 15) is 9.59 Å². The van der Waals surface area contributed by atoms with Crippen LogP contribution in [0.5, 0.6) is 0 Å². The average molecular weight is 436 g/mol. The maximum atomic E-state index is 12.9. The third-order valence-corrected chi connectivity index (χ3v) is 4.56. The fourth-order valence-corrected chi connectivity index (χ4v) is 3.10. The van der Waals surface area contributed by atoms with Crippen molar-refractivity contribution in [3.05, 3.63) is 78.0 Å². The van der Waals surface area contributed by atoms with E-state index < -0.39 is 23.7 Å². The Bertz CT molecular complexity index is 966. The van der Waals surface area contributed by atoms with E-state index >= 15 is 0 Å². The number of hydrogen-bond acceptors (Lipinski definition) is 6. The monoisotopic (exact) mass is 435 g/mol. The molecule has 0 aliphatic carbocycles. The molecule has 2 aromatic carbocycles. The van der Waals surface area contributed by atoms with E-state index in [0.29, 0.717) is 6.42 Å². The third kappa shape index (κ3) is 7.27. The second-order valence-corrected chi connectivity index (χ2v) is 8.44. The molecular weight excluding hydrogens is 406 g/mol. The minimum Gasteiger partial charge on any atom is -0.459 e. The summed E-state index contributed by atoms with van der Waals surface area (Å²) in [6.45, 7) is 5.51. The van der Waals surface area contributed by atoms with Gasteiger partial charge in [-0.05, 0) is 37.5 Å². The summed E-state index contributed by atoms with van der Waals surface area (Å²) in [7, 11) is 0. The molecule has 1 amide bonds. The molecule has 1 aliphatic heterocycles. The molecule has 1 atom stereocenters. The van der Waals surface area contributed by atoms with E-state index in [-0.39, 0.29) is 13.2 Å². The van der Waals surface area contributed by atoms with E-state index in [1.54, 1.807) is 32.0 Å².